The molecule has 27 heavy (non-hydrogen) atoms. The van der Waals surface area contributed by atoms with Gasteiger partial charge in [0, 0.05) is 13.2 Å². The van der Waals surface area contributed by atoms with E-state index in [9.17, 15) is 10.1 Å². The average Bonchev–Trinajstić information content (AvgIpc) is 3.08. The van der Waals surface area contributed by atoms with Gasteiger partial charge in [-0.3, -0.25) is 14.2 Å². The first-order valence-electron chi connectivity index (χ1n) is 8.51. The fourth-order valence-electron chi connectivity index (χ4n) is 3.17. The van der Waals surface area contributed by atoms with Crippen LogP contribution in [0.25, 0.3) is 22.9 Å². The minimum Gasteiger partial charge on any atom is -0.305 e. The molecule has 2 heterocycles. The van der Waals surface area contributed by atoms with Crippen LogP contribution in [0.3, 0.4) is 0 Å². The Morgan fingerprint density at radius 3 is 2.59 bits per heavy atom. The number of hydrogen-bond acceptors (Lipinski definition) is 5. The Bertz CT molecular complexity index is 1300. The molecule has 0 saturated carbocycles. The molecule has 0 aliphatic rings. The van der Waals surface area contributed by atoms with Gasteiger partial charge in [-0.05, 0) is 36.8 Å². The topological polar surface area (TPSA) is 73.4 Å². The Morgan fingerprint density at radius 2 is 1.85 bits per heavy atom. The van der Waals surface area contributed by atoms with Gasteiger partial charge in [0.1, 0.15) is 6.07 Å². The van der Waals surface area contributed by atoms with Crippen LogP contribution in [0.1, 0.15) is 11.1 Å². The minimum atomic E-state index is -0.204. The van der Waals surface area contributed by atoms with Gasteiger partial charge in [0.05, 0.1) is 27.5 Å². The quantitative estimate of drug-likeness (QED) is 0.570. The Hall–Kier alpha value is -3.85. The summed E-state index contributed by atoms with van der Waals surface area (Å²) in [5.41, 5.74) is 6.66. The second-order valence-electron chi connectivity index (χ2n) is 6.26. The largest absolute Gasteiger partial charge is 0.305 e. The van der Waals surface area contributed by atoms with Gasteiger partial charge in [0.2, 0.25) is 0 Å². The van der Waals surface area contributed by atoms with Crippen molar-refractivity contribution in [2.45, 2.75) is 6.92 Å². The van der Waals surface area contributed by atoms with Crippen LogP contribution < -0.4 is 21.2 Å². The molecular formula is C21H17N5O. The molecule has 0 saturated heterocycles. The van der Waals surface area contributed by atoms with Gasteiger partial charge in [-0.1, -0.05) is 30.3 Å². The lowest BCUT2D eigenvalue weighted by molar-refractivity contribution is 0.872. The number of fused-ring (bicyclic) bond motifs is 3. The van der Waals surface area contributed by atoms with Crippen molar-refractivity contribution in [2.75, 3.05) is 12.1 Å². The molecular weight excluding hydrogens is 338 g/mol. The number of rotatable bonds is 3. The van der Waals surface area contributed by atoms with Crippen LogP contribution in [-0.2, 0) is 0 Å². The van der Waals surface area contributed by atoms with E-state index < -0.39 is 0 Å². The zero-order chi connectivity index (χ0) is 19.0. The van der Waals surface area contributed by atoms with E-state index in [2.05, 4.69) is 16.5 Å². The summed E-state index contributed by atoms with van der Waals surface area (Å²) < 4.78 is 1.51. The summed E-state index contributed by atoms with van der Waals surface area (Å²) >= 11 is 0. The zero-order valence-corrected chi connectivity index (χ0v) is 15.0. The van der Waals surface area contributed by atoms with Crippen molar-refractivity contribution in [3.05, 3.63) is 81.3 Å². The van der Waals surface area contributed by atoms with E-state index in [4.69, 9.17) is 0 Å². The highest BCUT2D eigenvalue weighted by Crippen LogP contribution is 2.17. The van der Waals surface area contributed by atoms with Crippen molar-refractivity contribution >= 4 is 28.6 Å². The van der Waals surface area contributed by atoms with Gasteiger partial charge in [-0.15, -0.1) is 0 Å². The number of para-hydroxylation sites is 3. The van der Waals surface area contributed by atoms with Crippen molar-refractivity contribution in [3.63, 3.8) is 0 Å². The highest BCUT2D eigenvalue weighted by Gasteiger charge is 2.15. The van der Waals surface area contributed by atoms with E-state index in [-0.39, 0.29) is 5.56 Å². The molecule has 0 amide bonds. The lowest BCUT2D eigenvalue weighted by Crippen LogP contribution is -2.39. The summed E-state index contributed by atoms with van der Waals surface area (Å²) in [5, 5.41) is 11.9. The number of pyridine rings is 1. The Kier molecular flexibility index (Phi) is 3.98. The SMILES string of the molecule is Cc1c(C#N)c2nc3ccccc3n2c(=O)/c1=C\NN(C)c1ccccc1. The van der Waals surface area contributed by atoms with Crippen LogP contribution in [0.4, 0.5) is 5.69 Å². The minimum absolute atomic E-state index is 0.204. The normalized spacial score (nSPS) is 11.7. The first-order valence-corrected chi connectivity index (χ1v) is 8.51. The Balaban J connectivity index is 1.94. The number of nitrogens with one attached hydrogen (secondary N) is 1. The third-order valence-electron chi connectivity index (χ3n) is 4.65. The summed E-state index contributed by atoms with van der Waals surface area (Å²) in [6.07, 6.45) is 1.64. The summed E-state index contributed by atoms with van der Waals surface area (Å²) in [4.78, 5) is 17.7. The van der Waals surface area contributed by atoms with Gasteiger partial charge in [-0.25, -0.2) is 4.98 Å². The molecule has 6 heteroatoms. The van der Waals surface area contributed by atoms with Crippen LogP contribution in [0.5, 0.6) is 0 Å². The number of imidazole rings is 1. The molecule has 0 aliphatic heterocycles. The molecule has 4 aromatic rings. The number of hydrazine groups is 1. The van der Waals surface area contributed by atoms with Crippen molar-refractivity contribution in [1.29, 1.82) is 5.26 Å². The molecule has 0 unspecified atom stereocenters. The van der Waals surface area contributed by atoms with Crippen molar-refractivity contribution in [1.82, 2.24) is 14.8 Å². The van der Waals surface area contributed by atoms with Gasteiger partial charge >= 0.3 is 0 Å². The first-order chi connectivity index (χ1) is 13.1. The molecule has 0 radical (unpaired) electrons. The molecule has 4 rings (SSSR count). The van der Waals surface area contributed by atoms with E-state index >= 15 is 0 Å². The number of aromatic nitrogens is 2. The molecule has 0 spiro atoms. The van der Waals surface area contributed by atoms with E-state index in [1.807, 2.05) is 61.6 Å². The highest BCUT2D eigenvalue weighted by molar-refractivity contribution is 5.82. The van der Waals surface area contributed by atoms with Gasteiger partial charge in [-0.2, -0.15) is 5.26 Å². The van der Waals surface area contributed by atoms with E-state index in [0.717, 1.165) is 5.69 Å². The van der Waals surface area contributed by atoms with Crippen molar-refractivity contribution in [3.8, 4) is 6.07 Å². The maximum atomic E-state index is 13.2. The van der Waals surface area contributed by atoms with Crippen LogP contribution >= 0.6 is 0 Å². The molecule has 0 fully saturated rings. The van der Waals surface area contributed by atoms with E-state index in [0.29, 0.717) is 33.0 Å². The van der Waals surface area contributed by atoms with Crippen LogP contribution in [0.15, 0.2) is 59.4 Å². The van der Waals surface area contributed by atoms with Gasteiger partial charge in [0.15, 0.2) is 5.65 Å². The molecule has 0 bridgehead atoms. The third-order valence-corrected chi connectivity index (χ3v) is 4.65. The van der Waals surface area contributed by atoms with Crippen LogP contribution in [0.2, 0.25) is 0 Å². The number of nitriles is 1. The van der Waals surface area contributed by atoms with E-state index in [1.54, 1.807) is 18.1 Å². The van der Waals surface area contributed by atoms with Crippen molar-refractivity contribution < 1.29 is 0 Å². The molecule has 1 N–H and O–H groups in total. The fraction of sp³-hybridized carbons (Fsp3) is 0.0952. The number of hydrogen-bond donors (Lipinski definition) is 1. The summed E-state index contributed by atoms with van der Waals surface area (Å²) in [7, 11) is 1.86. The molecule has 2 aromatic heterocycles. The molecule has 132 valence electrons. The van der Waals surface area contributed by atoms with Crippen LogP contribution in [-0.4, -0.2) is 16.4 Å². The fourth-order valence-corrected chi connectivity index (χ4v) is 3.17. The zero-order valence-electron chi connectivity index (χ0n) is 15.0. The van der Waals surface area contributed by atoms with Crippen molar-refractivity contribution in [2.24, 2.45) is 0 Å². The second-order valence-corrected chi connectivity index (χ2v) is 6.26. The van der Waals surface area contributed by atoms with E-state index in [1.165, 1.54) is 4.40 Å². The molecule has 0 atom stereocenters. The number of anilines is 1. The van der Waals surface area contributed by atoms with Gasteiger partial charge < -0.3 is 5.43 Å². The lowest BCUT2D eigenvalue weighted by atomic mass is 10.1. The first kappa shape index (κ1) is 16.6. The van der Waals surface area contributed by atoms with Crippen LogP contribution in [0, 0.1) is 18.3 Å². The smallest absolute Gasteiger partial charge is 0.265 e. The number of benzene rings is 2. The molecule has 0 aliphatic carbocycles. The monoisotopic (exact) mass is 355 g/mol. The Morgan fingerprint density at radius 1 is 1.15 bits per heavy atom. The second kappa shape index (κ2) is 6.46. The Labute approximate surface area is 155 Å². The molecule has 2 aromatic carbocycles. The highest BCUT2D eigenvalue weighted by atomic mass is 16.1. The predicted octanol–water partition coefficient (Wildman–Crippen LogP) is 2.13. The standard InChI is InChI=1S/C21H17N5O/c1-14-16(12-22)20-24-18-10-6-7-11-19(18)26(20)21(27)17(14)13-23-25(2)15-8-4-3-5-9-15/h3-11,13,23H,1-2H3/b17-13-. The number of nitrogens with zero attached hydrogens (tertiary/aromatic N) is 4. The summed E-state index contributed by atoms with van der Waals surface area (Å²) in [6.45, 7) is 1.77. The summed E-state index contributed by atoms with van der Waals surface area (Å²) in [5.74, 6) is 0. The predicted molar refractivity (Wildman–Crippen MR) is 106 cm³/mol. The molecule has 6 nitrogen and oxygen atoms in total. The summed E-state index contributed by atoms with van der Waals surface area (Å²) in [6, 6.07) is 19.3. The maximum Gasteiger partial charge on any atom is 0.265 e. The van der Waals surface area contributed by atoms with Gasteiger partial charge in [0.25, 0.3) is 5.56 Å². The average molecular weight is 355 g/mol. The lowest BCUT2D eigenvalue weighted by Gasteiger charge is -2.18. The third kappa shape index (κ3) is 2.66. The maximum absolute atomic E-state index is 13.2.